The molecule has 137 heavy (non-hydrogen) atoms. The van der Waals surface area contributed by atoms with Crippen molar-refractivity contribution in [1.82, 2.24) is 0 Å². The second kappa shape index (κ2) is 53.1. The standard InChI is InChI=1S/4C17H29F3.3C16H27F3/c4*1-3-4-13-5-7-14(8-6-13)15-9-11-16(2,12-10-15)17(18,19)20;3*1-3-12-4-6-13(7-5-12)14-8-10-15(2,11-9-14)16(17,18)19/h4*13-15H,3-12H2,1-2H3;3*12-14H,3-11H2,1-2H3. The molecular weight excluding hydrogens is 1790 g/mol. The summed E-state index contributed by atoms with van der Waals surface area (Å²) < 4.78 is 273. The molecule has 0 atom stereocenters. The molecule has 14 fully saturated rings. The molecular formula is C116H197F21. The Kier molecular flexibility index (Phi) is 46.8. The van der Waals surface area contributed by atoms with Gasteiger partial charge in [-0.05, 0) is 394 Å². The second-order valence-electron chi connectivity index (χ2n) is 51.1. The van der Waals surface area contributed by atoms with Gasteiger partial charge in [-0.3, -0.25) is 0 Å². The minimum absolute atomic E-state index is 0.342. The lowest BCUT2D eigenvalue weighted by Gasteiger charge is -2.42. The Hall–Kier alpha value is -1.47. The topological polar surface area (TPSA) is 0 Å². The zero-order valence-electron chi connectivity index (χ0n) is 88.4. The number of halogens is 21. The lowest BCUT2D eigenvalue weighted by Crippen LogP contribution is -2.40. The van der Waals surface area contributed by atoms with Gasteiger partial charge in [-0.2, -0.15) is 92.2 Å². The highest BCUT2D eigenvalue weighted by molar-refractivity contribution is 4.99. The summed E-state index contributed by atoms with van der Waals surface area (Å²) in [6.07, 6.45) is 37.9. The van der Waals surface area contributed by atoms with Crippen LogP contribution in [0.5, 0.6) is 0 Å². The van der Waals surface area contributed by atoms with E-state index in [-0.39, 0.29) is 0 Å². The van der Waals surface area contributed by atoms with E-state index in [0.29, 0.717) is 173 Å². The van der Waals surface area contributed by atoms with Gasteiger partial charge in [0, 0.05) is 0 Å². The van der Waals surface area contributed by atoms with Gasteiger partial charge < -0.3 is 0 Å². The molecule has 0 aromatic heterocycles. The van der Waals surface area contributed by atoms with Gasteiger partial charge in [0.15, 0.2) is 0 Å². The Morgan fingerprint density at radius 2 is 0.226 bits per heavy atom. The van der Waals surface area contributed by atoms with Crippen molar-refractivity contribution in [2.75, 3.05) is 0 Å². The van der Waals surface area contributed by atoms with Gasteiger partial charge in [0.05, 0.1) is 37.9 Å². The van der Waals surface area contributed by atoms with E-state index in [2.05, 4.69) is 48.5 Å². The first-order chi connectivity index (χ1) is 64.0. The van der Waals surface area contributed by atoms with Crippen molar-refractivity contribution in [3.8, 4) is 0 Å². The molecule has 0 radical (unpaired) electrons. The Labute approximate surface area is 820 Å². The van der Waals surface area contributed by atoms with Gasteiger partial charge in [0.2, 0.25) is 0 Å². The Bertz CT molecular complexity index is 2810. The van der Waals surface area contributed by atoms with Gasteiger partial charge >= 0.3 is 43.2 Å². The van der Waals surface area contributed by atoms with Crippen LogP contribution in [0.1, 0.15) is 527 Å². The van der Waals surface area contributed by atoms with Gasteiger partial charge in [-0.1, -0.05) is 257 Å². The van der Waals surface area contributed by atoms with E-state index in [1.165, 1.54) is 299 Å². The molecule has 808 valence electrons. The number of alkyl halides is 21. The van der Waals surface area contributed by atoms with Crippen LogP contribution in [0.3, 0.4) is 0 Å². The summed E-state index contributed by atoms with van der Waals surface area (Å²) in [4.78, 5) is 0. The van der Waals surface area contributed by atoms with Crippen molar-refractivity contribution in [1.29, 1.82) is 0 Å². The average molecular weight is 1990 g/mol. The lowest BCUT2D eigenvalue weighted by molar-refractivity contribution is -0.231. The highest BCUT2D eigenvalue weighted by Crippen LogP contribution is 2.62. The molecule has 0 amide bonds. The first kappa shape index (κ1) is 121. The van der Waals surface area contributed by atoms with Crippen molar-refractivity contribution in [3.63, 3.8) is 0 Å². The summed E-state index contributed by atoms with van der Waals surface area (Å²) in [5, 5.41) is 0. The average Bonchev–Trinajstić information content (AvgIpc) is 0.819. The highest BCUT2D eigenvalue weighted by Gasteiger charge is 2.60. The van der Waals surface area contributed by atoms with Crippen molar-refractivity contribution < 1.29 is 92.2 Å². The molecule has 0 nitrogen and oxygen atoms in total. The highest BCUT2D eigenvalue weighted by atomic mass is 19.4. The Balaban J connectivity index is 0.000000196. The molecule has 0 aromatic carbocycles. The lowest BCUT2D eigenvalue weighted by atomic mass is 9.64. The van der Waals surface area contributed by atoms with Crippen LogP contribution in [0.2, 0.25) is 0 Å². The van der Waals surface area contributed by atoms with Gasteiger partial charge in [0.1, 0.15) is 0 Å². The quantitative estimate of drug-likeness (QED) is 0.120. The Morgan fingerprint density at radius 1 is 0.139 bits per heavy atom. The summed E-state index contributed by atoms with van der Waals surface area (Å²) in [5.41, 5.74) is -9.89. The predicted octanol–water partition coefficient (Wildman–Crippen LogP) is 43.3. The van der Waals surface area contributed by atoms with Crippen LogP contribution in [0.25, 0.3) is 0 Å². The molecule has 0 heterocycles. The summed E-state index contributed by atoms with van der Waals surface area (Å²) in [5.74, 6) is 15.1. The predicted molar refractivity (Wildman–Crippen MR) is 521 cm³/mol. The zero-order valence-corrected chi connectivity index (χ0v) is 88.4. The van der Waals surface area contributed by atoms with E-state index in [1.54, 1.807) is 0 Å². The fourth-order valence-electron chi connectivity index (χ4n) is 29.9. The van der Waals surface area contributed by atoms with Crippen molar-refractivity contribution in [3.05, 3.63) is 0 Å². The van der Waals surface area contributed by atoms with Crippen molar-refractivity contribution >= 4 is 0 Å². The third-order valence-corrected chi connectivity index (χ3v) is 42.2. The summed E-state index contributed by atoms with van der Waals surface area (Å²) in [7, 11) is 0. The van der Waals surface area contributed by atoms with Gasteiger partial charge in [0.25, 0.3) is 0 Å². The molecule has 0 aromatic rings. The molecule has 0 bridgehead atoms. The number of hydrogen-bond acceptors (Lipinski definition) is 0. The molecule has 14 rings (SSSR count). The third-order valence-electron chi connectivity index (χ3n) is 42.2. The SMILES string of the molecule is CCC1CCC(C2CCC(C)(C(F)(F)F)CC2)CC1.CCC1CCC(C2CCC(C)(C(F)(F)F)CC2)CC1.CCC1CCC(C2CCC(C)(C(F)(F)F)CC2)CC1.CCCC1CCC(C2CCC(C)(C(F)(F)F)CC2)CC1.CCCC1CCC(C2CCC(C)(C(F)(F)F)CC2)CC1.CCCC1CCC(C2CCC(C)(C(F)(F)F)CC2)CC1.CCCC1CCC(C2CCC(C)(C(F)(F)F)CC2)CC1. The van der Waals surface area contributed by atoms with Crippen LogP contribution in [0.15, 0.2) is 0 Å². The smallest absolute Gasteiger partial charge is 0.171 e. The first-order valence-electron chi connectivity index (χ1n) is 57.5. The minimum Gasteiger partial charge on any atom is -0.171 e. The van der Waals surface area contributed by atoms with Gasteiger partial charge in [-0.15, -0.1) is 0 Å². The van der Waals surface area contributed by atoms with Crippen LogP contribution in [-0.2, 0) is 0 Å². The van der Waals surface area contributed by atoms with E-state index in [1.807, 2.05) is 0 Å². The maximum absolute atomic E-state index is 13.0. The molecule has 21 heteroatoms. The molecule has 0 spiro atoms. The minimum atomic E-state index is -4.02. The fraction of sp³-hybridized carbons (Fsp3) is 1.00. The van der Waals surface area contributed by atoms with E-state index < -0.39 is 81.1 Å². The molecule has 0 aliphatic heterocycles. The molecule has 14 aliphatic rings. The van der Waals surface area contributed by atoms with E-state index >= 15 is 0 Å². The molecule has 0 N–H and O–H groups in total. The fourth-order valence-corrected chi connectivity index (χ4v) is 29.9. The number of rotatable bonds is 18. The van der Waals surface area contributed by atoms with Crippen molar-refractivity contribution in [2.24, 2.45) is 162 Å². The normalized spacial score (nSPS) is 40.4. The largest absolute Gasteiger partial charge is 0.394 e. The van der Waals surface area contributed by atoms with Crippen LogP contribution in [0.4, 0.5) is 92.2 Å². The molecule has 14 aliphatic carbocycles. The third kappa shape index (κ3) is 34.5. The summed E-state index contributed by atoms with van der Waals surface area (Å²) in [6, 6.07) is 0. The molecule has 0 unspecified atom stereocenters. The maximum Gasteiger partial charge on any atom is 0.394 e. The van der Waals surface area contributed by atoms with Crippen LogP contribution >= 0.6 is 0 Å². The van der Waals surface area contributed by atoms with E-state index in [4.69, 9.17) is 0 Å². The summed E-state index contributed by atoms with van der Waals surface area (Å²) in [6.45, 7) is 25.6. The van der Waals surface area contributed by atoms with Crippen LogP contribution in [0, 0.1) is 162 Å². The maximum atomic E-state index is 13.0. The van der Waals surface area contributed by atoms with Gasteiger partial charge in [-0.25, -0.2) is 0 Å². The molecule has 0 saturated heterocycles. The zero-order chi connectivity index (χ0) is 102. The summed E-state index contributed by atoms with van der Waals surface area (Å²) >= 11 is 0. The first-order valence-corrected chi connectivity index (χ1v) is 57.5. The van der Waals surface area contributed by atoms with Crippen molar-refractivity contribution in [2.45, 2.75) is 570 Å². The van der Waals surface area contributed by atoms with E-state index in [0.717, 1.165) is 131 Å². The Morgan fingerprint density at radius 3 is 0.307 bits per heavy atom. The second-order valence-corrected chi connectivity index (χ2v) is 51.1. The van der Waals surface area contributed by atoms with Crippen LogP contribution in [-0.4, -0.2) is 43.2 Å². The van der Waals surface area contributed by atoms with E-state index in [9.17, 15) is 92.2 Å². The number of hydrogen-bond donors (Lipinski definition) is 0. The van der Waals surface area contributed by atoms with Crippen LogP contribution < -0.4 is 0 Å². The monoisotopic (exact) mass is 1990 g/mol. The molecule has 14 saturated carbocycles.